The van der Waals surface area contributed by atoms with Crippen LogP contribution < -0.4 is 0 Å². The summed E-state index contributed by atoms with van der Waals surface area (Å²) in [7, 11) is 0. The van der Waals surface area contributed by atoms with Crippen molar-refractivity contribution in [1.82, 2.24) is 4.98 Å². The molecule has 3 heteroatoms. The van der Waals surface area contributed by atoms with E-state index in [1.165, 1.54) is 16.7 Å². The zero-order valence-corrected chi connectivity index (χ0v) is 11.1. The molecule has 2 heterocycles. The highest BCUT2D eigenvalue weighted by Gasteiger charge is 2.22. The van der Waals surface area contributed by atoms with E-state index in [0.717, 1.165) is 5.69 Å². The lowest BCUT2D eigenvalue weighted by molar-refractivity contribution is 0.319. The van der Waals surface area contributed by atoms with E-state index < -0.39 is 0 Å². The molecule has 19 heavy (non-hydrogen) atoms. The predicted octanol–water partition coefficient (Wildman–Crippen LogP) is 3.22. The van der Waals surface area contributed by atoms with E-state index >= 15 is 0 Å². The molecule has 0 fully saturated rings. The molecule has 0 N–H and O–H groups in total. The third kappa shape index (κ3) is 2.50. The fraction of sp³-hybridized carbons (Fsp3) is 0.250. The molecule has 0 radical (unpaired) electrons. The second-order valence-electron chi connectivity index (χ2n) is 4.90. The molecule has 1 aliphatic heterocycles. The molecule has 0 bridgehead atoms. The second kappa shape index (κ2) is 4.84. The molecule has 96 valence electrons. The Morgan fingerprint density at radius 3 is 2.58 bits per heavy atom. The minimum absolute atomic E-state index is 0.0793. The summed E-state index contributed by atoms with van der Waals surface area (Å²) >= 11 is 0. The minimum atomic E-state index is 0.0793. The highest BCUT2D eigenvalue weighted by Crippen LogP contribution is 2.26. The number of pyridine rings is 1. The minimum Gasteiger partial charge on any atom is -0.474 e. The summed E-state index contributed by atoms with van der Waals surface area (Å²) in [4.78, 5) is 8.91. The van der Waals surface area contributed by atoms with Crippen LogP contribution in [0.1, 0.15) is 28.4 Å². The Labute approximate surface area is 113 Å². The third-order valence-corrected chi connectivity index (χ3v) is 3.16. The summed E-state index contributed by atoms with van der Waals surface area (Å²) in [5.74, 6) is 0.643. The van der Waals surface area contributed by atoms with E-state index in [-0.39, 0.29) is 6.04 Å². The van der Waals surface area contributed by atoms with Crippen molar-refractivity contribution in [3.63, 3.8) is 0 Å². The van der Waals surface area contributed by atoms with E-state index in [9.17, 15) is 0 Å². The lowest BCUT2D eigenvalue weighted by atomic mass is 10.0. The van der Waals surface area contributed by atoms with Crippen molar-refractivity contribution in [2.75, 3.05) is 6.61 Å². The van der Waals surface area contributed by atoms with Crippen molar-refractivity contribution in [3.05, 3.63) is 65.0 Å². The Morgan fingerprint density at radius 2 is 1.89 bits per heavy atom. The molecule has 0 aliphatic carbocycles. The van der Waals surface area contributed by atoms with Gasteiger partial charge in [-0.2, -0.15) is 0 Å². The second-order valence-corrected chi connectivity index (χ2v) is 4.90. The smallest absolute Gasteiger partial charge is 0.236 e. The van der Waals surface area contributed by atoms with E-state index in [0.29, 0.717) is 12.5 Å². The van der Waals surface area contributed by atoms with E-state index in [2.05, 4.69) is 42.0 Å². The highest BCUT2D eigenvalue weighted by molar-refractivity contribution is 5.93. The maximum absolute atomic E-state index is 5.67. The number of aryl methyl sites for hydroxylation is 2. The van der Waals surface area contributed by atoms with Crippen LogP contribution in [0.25, 0.3) is 0 Å². The zero-order chi connectivity index (χ0) is 13.2. The van der Waals surface area contributed by atoms with Gasteiger partial charge in [0, 0.05) is 6.20 Å². The van der Waals surface area contributed by atoms with Gasteiger partial charge >= 0.3 is 0 Å². The van der Waals surface area contributed by atoms with Crippen molar-refractivity contribution in [2.45, 2.75) is 19.9 Å². The molecule has 0 unspecified atom stereocenters. The molecule has 1 aromatic heterocycles. The molecule has 0 saturated heterocycles. The normalized spacial score (nSPS) is 18.0. The molecule has 3 rings (SSSR count). The summed E-state index contributed by atoms with van der Waals surface area (Å²) in [6, 6.07) is 12.3. The lowest BCUT2D eigenvalue weighted by Gasteiger charge is -2.07. The molecule has 3 nitrogen and oxygen atoms in total. The fourth-order valence-corrected chi connectivity index (χ4v) is 2.38. The first-order chi connectivity index (χ1) is 9.22. The fourth-order valence-electron chi connectivity index (χ4n) is 2.38. The van der Waals surface area contributed by atoms with Gasteiger partial charge in [-0.1, -0.05) is 35.4 Å². The van der Waals surface area contributed by atoms with E-state index in [1.54, 1.807) is 6.20 Å². The number of ether oxygens (including phenoxy) is 1. The SMILES string of the molecule is Cc1cc(C)cc([C@H]2COC(c3ccccn3)=N2)c1. The Hall–Kier alpha value is -2.16. The molecular weight excluding hydrogens is 236 g/mol. The third-order valence-electron chi connectivity index (χ3n) is 3.16. The summed E-state index contributed by atoms with van der Waals surface area (Å²) in [5.41, 5.74) is 4.53. The van der Waals surface area contributed by atoms with Crippen LogP contribution in [0.4, 0.5) is 0 Å². The van der Waals surface area contributed by atoms with Gasteiger partial charge in [0.15, 0.2) is 0 Å². The largest absolute Gasteiger partial charge is 0.474 e. The average Bonchev–Trinajstić information content (AvgIpc) is 2.88. The van der Waals surface area contributed by atoms with E-state index in [1.807, 2.05) is 18.2 Å². The summed E-state index contributed by atoms with van der Waals surface area (Å²) in [5, 5.41) is 0. The van der Waals surface area contributed by atoms with E-state index in [4.69, 9.17) is 4.74 Å². The molecule has 0 saturated carbocycles. The van der Waals surface area contributed by atoms with Crippen LogP contribution in [-0.2, 0) is 4.74 Å². The zero-order valence-electron chi connectivity index (χ0n) is 11.1. The van der Waals surface area contributed by atoms with Crippen LogP contribution in [0.2, 0.25) is 0 Å². The van der Waals surface area contributed by atoms with Crippen LogP contribution in [0.3, 0.4) is 0 Å². The number of nitrogens with zero attached hydrogens (tertiary/aromatic N) is 2. The van der Waals surface area contributed by atoms with Gasteiger partial charge in [0.2, 0.25) is 5.90 Å². The molecule has 0 spiro atoms. The first-order valence-electron chi connectivity index (χ1n) is 6.42. The van der Waals surface area contributed by atoms with Gasteiger partial charge in [-0.3, -0.25) is 4.98 Å². The van der Waals surface area contributed by atoms with Gasteiger partial charge in [-0.05, 0) is 31.5 Å². The van der Waals surface area contributed by atoms with Crippen LogP contribution in [-0.4, -0.2) is 17.5 Å². The van der Waals surface area contributed by atoms with Crippen molar-refractivity contribution >= 4 is 5.90 Å². The summed E-state index contributed by atoms with van der Waals surface area (Å²) in [6.07, 6.45) is 1.76. The van der Waals surface area contributed by atoms with Crippen molar-refractivity contribution in [3.8, 4) is 0 Å². The van der Waals surface area contributed by atoms with Crippen molar-refractivity contribution in [1.29, 1.82) is 0 Å². The first kappa shape index (κ1) is 11.9. The standard InChI is InChI=1S/C16H16N2O/c1-11-7-12(2)9-13(8-11)15-10-19-16(18-15)14-5-3-4-6-17-14/h3-9,15H,10H2,1-2H3/t15-/m1/s1. The van der Waals surface area contributed by atoms with Crippen molar-refractivity contribution < 1.29 is 4.74 Å². The number of hydrogen-bond acceptors (Lipinski definition) is 3. The Kier molecular flexibility index (Phi) is 3.03. The van der Waals surface area contributed by atoms with Crippen LogP contribution in [0.5, 0.6) is 0 Å². The highest BCUT2D eigenvalue weighted by atomic mass is 16.5. The first-order valence-corrected chi connectivity index (χ1v) is 6.42. The number of aromatic nitrogens is 1. The van der Waals surface area contributed by atoms with Crippen LogP contribution in [0.15, 0.2) is 47.6 Å². The van der Waals surface area contributed by atoms with Gasteiger partial charge in [0.1, 0.15) is 18.3 Å². The topological polar surface area (TPSA) is 34.5 Å². The number of rotatable bonds is 2. The molecule has 1 atom stereocenters. The molecule has 1 aliphatic rings. The van der Waals surface area contributed by atoms with Gasteiger partial charge in [-0.25, -0.2) is 4.99 Å². The average molecular weight is 252 g/mol. The number of hydrogen-bond donors (Lipinski definition) is 0. The monoisotopic (exact) mass is 252 g/mol. The maximum Gasteiger partial charge on any atom is 0.236 e. The molecule has 2 aromatic rings. The lowest BCUT2D eigenvalue weighted by Crippen LogP contribution is -2.03. The molecule has 1 aromatic carbocycles. The van der Waals surface area contributed by atoms with Crippen LogP contribution >= 0.6 is 0 Å². The summed E-state index contributed by atoms with van der Waals surface area (Å²) in [6.45, 7) is 4.81. The van der Waals surface area contributed by atoms with Gasteiger partial charge in [0.05, 0.1) is 0 Å². The maximum atomic E-state index is 5.67. The van der Waals surface area contributed by atoms with Gasteiger partial charge < -0.3 is 4.74 Å². The van der Waals surface area contributed by atoms with Crippen LogP contribution in [0, 0.1) is 13.8 Å². The molecule has 0 amide bonds. The van der Waals surface area contributed by atoms with Gasteiger partial charge in [0.25, 0.3) is 0 Å². The molecular formula is C16H16N2O. The van der Waals surface area contributed by atoms with Gasteiger partial charge in [-0.15, -0.1) is 0 Å². The number of benzene rings is 1. The predicted molar refractivity (Wildman–Crippen MR) is 75.4 cm³/mol. The summed E-state index contributed by atoms with van der Waals surface area (Å²) < 4.78 is 5.67. The Bertz CT molecular complexity index is 600. The number of aliphatic imine (C=N–C) groups is 1. The Morgan fingerprint density at radius 1 is 1.11 bits per heavy atom. The van der Waals surface area contributed by atoms with Crippen molar-refractivity contribution in [2.24, 2.45) is 4.99 Å². The quantitative estimate of drug-likeness (QED) is 0.822. The Balaban J connectivity index is 1.90.